The fraction of sp³-hybridized carbons (Fsp3) is 0.0769. The summed E-state index contributed by atoms with van der Waals surface area (Å²) >= 11 is 0. The van der Waals surface area contributed by atoms with Crippen molar-refractivity contribution >= 4 is 20.8 Å². The van der Waals surface area contributed by atoms with E-state index in [0.29, 0.717) is 5.82 Å². The molecule has 3 rings (SSSR count). The van der Waals surface area contributed by atoms with Crippen molar-refractivity contribution in [2.45, 2.75) is 5.16 Å². The Bertz CT molecular complexity index is 894. The van der Waals surface area contributed by atoms with Gasteiger partial charge in [-0.05, 0) is 10.8 Å². The first-order valence-corrected chi connectivity index (χ1v) is 7.43. The van der Waals surface area contributed by atoms with Crippen LogP contribution >= 0.6 is 0 Å². The predicted molar refractivity (Wildman–Crippen MR) is 75.3 cm³/mol. The fourth-order valence-corrected chi connectivity index (χ4v) is 2.84. The van der Waals surface area contributed by atoms with E-state index in [2.05, 4.69) is 10.2 Å². The van der Waals surface area contributed by atoms with Gasteiger partial charge in [0.15, 0.2) is 5.82 Å². The number of benzene rings is 2. The zero-order valence-corrected chi connectivity index (χ0v) is 11.5. The normalized spacial score (nSPS) is 11.9. The molecule has 1 aromatic heterocycles. The predicted octanol–water partition coefficient (Wildman–Crippen LogP) is 1.28. The highest BCUT2D eigenvalue weighted by Gasteiger charge is 2.20. The van der Waals surface area contributed by atoms with Crippen LogP contribution in [-0.4, -0.2) is 23.2 Å². The lowest BCUT2D eigenvalue weighted by atomic mass is 10.0. The SMILES string of the molecule is Cn1c(-c2cccc3ccccc23)nnc1S(N)(=O)=O. The number of rotatable bonds is 2. The van der Waals surface area contributed by atoms with Crippen LogP contribution < -0.4 is 5.14 Å². The summed E-state index contributed by atoms with van der Waals surface area (Å²) in [5.74, 6) is 0.464. The Balaban J connectivity index is 2.30. The van der Waals surface area contributed by atoms with Gasteiger partial charge in [-0.1, -0.05) is 42.5 Å². The van der Waals surface area contributed by atoms with Crippen molar-refractivity contribution in [3.63, 3.8) is 0 Å². The van der Waals surface area contributed by atoms with E-state index >= 15 is 0 Å². The van der Waals surface area contributed by atoms with Gasteiger partial charge in [-0.2, -0.15) is 0 Å². The van der Waals surface area contributed by atoms with Gasteiger partial charge in [-0.25, -0.2) is 13.6 Å². The lowest BCUT2D eigenvalue weighted by molar-refractivity contribution is 0.580. The molecule has 0 bridgehead atoms. The zero-order valence-electron chi connectivity index (χ0n) is 10.7. The molecule has 0 aliphatic heterocycles. The van der Waals surface area contributed by atoms with Crippen molar-refractivity contribution in [1.82, 2.24) is 14.8 Å². The molecule has 0 saturated heterocycles. The largest absolute Gasteiger partial charge is 0.300 e. The summed E-state index contributed by atoms with van der Waals surface area (Å²) in [5, 5.41) is 14.5. The van der Waals surface area contributed by atoms with Gasteiger partial charge >= 0.3 is 0 Å². The Kier molecular flexibility index (Phi) is 2.81. The molecule has 6 nitrogen and oxygen atoms in total. The molecular formula is C13H12N4O2S. The second-order valence-corrected chi connectivity index (χ2v) is 5.89. The Morgan fingerprint density at radius 2 is 1.75 bits per heavy atom. The summed E-state index contributed by atoms with van der Waals surface area (Å²) in [6.07, 6.45) is 0. The first-order valence-electron chi connectivity index (χ1n) is 5.89. The smallest absolute Gasteiger partial charge is 0.273 e. The van der Waals surface area contributed by atoms with Gasteiger partial charge in [-0.3, -0.25) is 4.57 Å². The van der Waals surface area contributed by atoms with E-state index in [-0.39, 0.29) is 5.16 Å². The van der Waals surface area contributed by atoms with E-state index in [1.54, 1.807) is 7.05 Å². The Morgan fingerprint density at radius 1 is 1.05 bits per heavy atom. The molecule has 0 aliphatic rings. The average Bonchev–Trinajstić information content (AvgIpc) is 2.80. The second kappa shape index (κ2) is 4.39. The van der Waals surface area contributed by atoms with E-state index in [1.807, 2.05) is 42.5 Å². The first kappa shape index (κ1) is 12.8. The molecule has 3 aromatic rings. The number of aromatic nitrogens is 3. The van der Waals surface area contributed by atoms with Gasteiger partial charge in [0.1, 0.15) is 0 Å². The van der Waals surface area contributed by atoms with E-state index in [0.717, 1.165) is 16.3 Å². The summed E-state index contributed by atoms with van der Waals surface area (Å²) in [4.78, 5) is 0. The second-order valence-electron chi connectivity index (χ2n) is 4.44. The van der Waals surface area contributed by atoms with Crippen LogP contribution in [0.3, 0.4) is 0 Å². The van der Waals surface area contributed by atoms with Crippen LogP contribution in [0.25, 0.3) is 22.2 Å². The number of primary sulfonamides is 1. The molecule has 0 saturated carbocycles. The molecule has 0 spiro atoms. The van der Waals surface area contributed by atoms with E-state index in [1.165, 1.54) is 4.57 Å². The van der Waals surface area contributed by atoms with Crippen LogP contribution in [0.15, 0.2) is 47.6 Å². The molecule has 0 radical (unpaired) electrons. The maximum absolute atomic E-state index is 11.4. The van der Waals surface area contributed by atoms with Crippen LogP contribution in [0.4, 0.5) is 0 Å². The van der Waals surface area contributed by atoms with Crippen LogP contribution in [-0.2, 0) is 17.1 Å². The third kappa shape index (κ3) is 1.97. The molecule has 0 fully saturated rings. The third-order valence-corrected chi connectivity index (χ3v) is 3.98. The minimum Gasteiger partial charge on any atom is -0.300 e. The lowest BCUT2D eigenvalue weighted by Gasteiger charge is -2.06. The molecule has 2 aromatic carbocycles. The molecule has 20 heavy (non-hydrogen) atoms. The lowest BCUT2D eigenvalue weighted by Crippen LogP contribution is -2.17. The summed E-state index contributed by atoms with van der Waals surface area (Å²) < 4.78 is 24.2. The summed E-state index contributed by atoms with van der Waals surface area (Å²) in [6.45, 7) is 0. The molecule has 2 N–H and O–H groups in total. The molecule has 1 heterocycles. The number of fused-ring (bicyclic) bond motifs is 1. The highest BCUT2D eigenvalue weighted by molar-refractivity contribution is 7.89. The van der Waals surface area contributed by atoms with Crippen molar-refractivity contribution in [1.29, 1.82) is 0 Å². The summed E-state index contributed by atoms with van der Waals surface area (Å²) in [6, 6.07) is 13.5. The van der Waals surface area contributed by atoms with E-state index < -0.39 is 10.0 Å². The molecule has 0 aliphatic carbocycles. The number of nitrogens with zero attached hydrogens (tertiary/aromatic N) is 3. The molecule has 7 heteroatoms. The highest BCUT2D eigenvalue weighted by Crippen LogP contribution is 2.27. The van der Waals surface area contributed by atoms with E-state index in [9.17, 15) is 8.42 Å². The maximum atomic E-state index is 11.4. The number of sulfonamides is 1. The summed E-state index contributed by atoms with van der Waals surface area (Å²) in [7, 11) is -2.30. The monoisotopic (exact) mass is 288 g/mol. The fourth-order valence-electron chi connectivity index (χ4n) is 2.22. The topological polar surface area (TPSA) is 90.9 Å². The van der Waals surface area contributed by atoms with Gasteiger partial charge in [-0.15, -0.1) is 10.2 Å². The molecule has 0 atom stereocenters. The van der Waals surface area contributed by atoms with Gasteiger partial charge in [0.2, 0.25) is 0 Å². The Labute approximate surface area is 115 Å². The zero-order chi connectivity index (χ0) is 14.3. The summed E-state index contributed by atoms with van der Waals surface area (Å²) in [5.41, 5.74) is 0.813. The van der Waals surface area contributed by atoms with Gasteiger partial charge in [0.25, 0.3) is 15.2 Å². The third-order valence-electron chi connectivity index (χ3n) is 3.12. The number of hydrogen-bond donors (Lipinski definition) is 1. The quantitative estimate of drug-likeness (QED) is 0.769. The van der Waals surface area contributed by atoms with Crippen LogP contribution in [0, 0.1) is 0 Å². The maximum Gasteiger partial charge on any atom is 0.273 e. The standard InChI is InChI=1S/C13H12N4O2S/c1-17-12(15-16-13(17)20(14,18)19)11-8-4-6-9-5-2-3-7-10(9)11/h2-8H,1H3,(H2,14,18,19). The molecule has 0 amide bonds. The first-order chi connectivity index (χ1) is 9.48. The molecule has 0 unspecified atom stereocenters. The van der Waals surface area contributed by atoms with Crippen molar-refractivity contribution < 1.29 is 8.42 Å². The van der Waals surface area contributed by atoms with Crippen molar-refractivity contribution in [2.75, 3.05) is 0 Å². The number of nitrogens with two attached hydrogens (primary N) is 1. The van der Waals surface area contributed by atoms with E-state index in [4.69, 9.17) is 5.14 Å². The average molecular weight is 288 g/mol. The van der Waals surface area contributed by atoms with Crippen LogP contribution in [0.2, 0.25) is 0 Å². The number of hydrogen-bond acceptors (Lipinski definition) is 4. The van der Waals surface area contributed by atoms with Crippen molar-refractivity contribution in [3.05, 3.63) is 42.5 Å². The van der Waals surface area contributed by atoms with Gasteiger partial charge in [0, 0.05) is 12.6 Å². The minimum absolute atomic E-state index is 0.250. The Morgan fingerprint density at radius 3 is 2.45 bits per heavy atom. The van der Waals surface area contributed by atoms with Crippen LogP contribution in [0.5, 0.6) is 0 Å². The highest BCUT2D eigenvalue weighted by atomic mass is 32.2. The minimum atomic E-state index is -3.88. The molecular weight excluding hydrogens is 276 g/mol. The van der Waals surface area contributed by atoms with Gasteiger partial charge in [0.05, 0.1) is 0 Å². The molecule has 102 valence electrons. The van der Waals surface area contributed by atoms with Crippen LogP contribution in [0.1, 0.15) is 0 Å². The van der Waals surface area contributed by atoms with Gasteiger partial charge < -0.3 is 0 Å². The van der Waals surface area contributed by atoms with Crippen molar-refractivity contribution in [2.24, 2.45) is 12.2 Å². The Hall–Kier alpha value is -2.25. The van der Waals surface area contributed by atoms with Crippen molar-refractivity contribution in [3.8, 4) is 11.4 Å².